The predicted molar refractivity (Wildman–Crippen MR) is 108 cm³/mol. The zero-order chi connectivity index (χ0) is 14.8. The smallest absolute Gasteiger partial charge is 0.190 e. The molecule has 0 radical (unpaired) electrons. The maximum absolute atomic E-state index is 4.34. The second-order valence-corrected chi connectivity index (χ2v) is 7.49. The van der Waals surface area contributed by atoms with Gasteiger partial charge in [0.05, 0.1) is 0 Å². The van der Waals surface area contributed by atoms with Gasteiger partial charge in [-0.05, 0) is 55.4 Å². The molecule has 3 nitrogen and oxygen atoms in total. The SMILES string of the molecule is CN=C(NCCCCSC)NCC1(CC(C)C)CCC1.I. The van der Waals surface area contributed by atoms with Gasteiger partial charge in [0, 0.05) is 20.1 Å². The van der Waals surface area contributed by atoms with Gasteiger partial charge in [0.15, 0.2) is 5.96 Å². The van der Waals surface area contributed by atoms with Crippen molar-refractivity contribution >= 4 is 41.7 Å². The molecule has 1 aliphatic rings. The van der Waals surface area contributed by atoms with E-state index < -0.39 is 0 Å². The van der Waals surface area contributed by atoms with Crippen LogP contribution < -0.4 is 10.6 Å². The molecule has 21 heavy (non-hydrogen) atoms. The summed E-state index contributed by atoms with van der Waals surface area (Å²) in [6, 6.07) is 0. The molecule has 1 fully saturated rings. The number of rotatable bonds is 9. The van der Waals surface area contributed by atoms with Crippen LogP contribution in [0.15, 0.2) is 4.99 Å². The summed E-state index contributed by atoms with van der Waals surface area (Å²) >= 11 is 1.92. The highest BCUT2D eigenvalue weighted by atomic mass is 127. The molecule has 0 bridgehead atoms. The highest BCUT2D eigenvalue weighted by molar-refractivity contribution is 14.0. The highest BCUT2D eigenvalue weighted by Crippen LogP contribution is 2.45. The Hall–Kier alpha value is 0.350. The number of halogens is 1. The Morgan fingerprint density at radius 3 is 2.43 bits per heavy atom. The van der Waals surface area contributed by atoms with Gasteiger partial charge < -0.3 is 10.6 Å². The summed E-state index contributed by atoms with van der Waals surface area (Å²) in [6.45, 7) is 6.77. The highest BCUT2D eigenvalue weighted by Gasteiger charge is 2.37. The van der Waals surface area contributed by atoms with Crippen LogP contribution in [-0.2, 0) is 0 Å². The molecule has 0 amide bonds. The van der Waals surface area contributed by atoms with Crippen molar-refractivity contribution in [2.24, 2.45) is 16.3 Å². The van der Waals surface area contributed by atoms with Gasteiger partial charge in [0.1, 0.15) is 0 Å². The Morgan fingerprint density at radius 2 is 1.95 bits per heavy atom. The molecule has 0 atom stereocenters. The lowest BCUT2D eigenvalue weighted by molar-refractivity contribution is 0.104. The number of hydrogen-bond acceptors (Lipinski definition) is 2. The van der Waals surface area contributed by atoms with E-state index in [1.54, 1.807) is 0 Å². The number of aliphatic imine (C=N–C) groups is 1. The van der Waals surface area contributed by atoms with Crippen molar-refractivity contribution in [1.29, 1.82) is 0 Å². The molecular weight excluding hydrogens is 393 g/mol. The van der Waals surface area contributed by atoms with Crippen molar-refractivity contribution in [1.82, 2.24) is 10.6 Å². The van der Waals surface area contributed by atoms with Crippen LogP contribution in [0.2, 0.25) is 0 Å². The molecule has 0 aromatic carbocycles. The molecule has 0 aromatic heterocycles. The molecule has 2 N–H and O–H groups in total. The summed E-state index contributed by atoms with van der Waals surface area (Å²) in [5.41, 5.74) is 0.532. The number of thioether (sulfide) groups is 1. The summed E-state index contributed by atoms with van der Waals surface area (Å²) in [5.74, 6) is 3.02. The zero-order valence-electron chi connectivity index (χ0n) is 14.2. The topological polar surface area (TPSA) is 36.4 Å². The van der Waals surface area contributed by atoms with Gasteiger partial charge in [-0.15, -0.1) is 24.0 Å². The van der Waals surface area contributed by atoms with E-state index in [9.17, 15) is 0 Å². The average Bonchev–Trinajstić information content (AvgIpc) is 2.38. The lowest BCUT2D eigenvalue weighted by Crippen LogP contribution is -2.47. The van der Waals surface area contributed by atoms with E-state index in [1.165, 1.54) is 44.3 Å². The fraction of sp³-hybridized carbons (Fsp3) is 0.938. The van der Waals surface area contributed by atoms with Crippen LogP contribution in [0.1, 0.15) is 52.4 Å². The maximum atomic E-state index is 4.34. The lowest BCUT2D eigenvalue weighted by atomic mass is 9.64. The number of unbranched alkanes of at least 4 members (excludes halogenated alkanes) is 1. The van der Waals surface area contributed by atoms with Gasteiger partial charge in [-0.3, -0.25) is 4.99 Å². The van der Waals surface area contributed by atoms with Gasteiger partial charge in [-0.1, -0.05) is 20.3 Å². The van der Waals surface area contributed by atoms with Gasteiger partial charge in [-0.25, -0.2) is 0 Å². The molecule has 1 saturated carbocycles. The Morgan fingerprint density at radius 1 is 1.24 bits per heavy atom. The van der Waals surface area contributed by atoms with E-state index in [0.29, 0.717) is 5.41 Å². The molecule has 0 aromatic rings. The monoisotopic (exact) mass is 427 g/mol. The molecule has 1 aliphatic carbocycles. The van der Waals surface area contributed by atoms with E-state index >= 15 is 0 Å². The Bertz CT molecular complexity index is 291. The van der Waals surface area contributed by atoms with E-state index in [1.807, 2.05) is 18.8 Å². The average molecular weight is 427 g/mol. The third-order valence-corrected chi connectivity index (χ3v) is 4.87. The summed E-state index contributed by atoms with van der Waals surface area (Å²) in [6.07, 6.45) is 10.2. The molecule has 0 unspecified atom stereocenters. The first-order valence-electron chi connectivity index (χ1n) is 8.05. The van der Waals surface area contributed by atoms with Gasteiger partial charge in [0.25, 0.3) is 0 Å². The lowest BCUT2D eigenvalue weighted by Gasteiger charge is -2.43. The standard InChI is InChI=1S/C16H33N3S.HI/c1-14(2)12-16(8-7-9-16)13-19-15(17-3)18-10-5-6-11-20-4;/h14H,5-13H2,1-4H3,(H2,17,18,19);1H. The van der Waals surface area contributed by atoms with Crippen LogP contribution >= 0.6 is 35.7 Å². The van der Waals surface area contributed by atoms with Crippen molar-refractivity contribution in [3.8, 4) is 0 Å². The zero-order valence-corrected chi connectivity index (χ0v) is 17.4. The molecule has 0 spiro atoms. The number of hydrogen-bond donors (Lipinski definition) is 2. The third-order valence-electron chi connectivity index (χ3n) is 4.18. The van der Waals surface area contributed by atoms with E-state index in [-0.39, 0.29) is 24.0 Å². The maximum Gasteiger partial charge on any atom is 0.190 e. The van der Waals surface area contributed by atoms with Crippen molar-refractivity contribution in [2.45, 2.75) is 52.4 Å². The largest absolute Gasteiger partial charge is 0.356 e. The first-order chi connectivity index (χ1) is 9.62. The first-order valence-corrected chi connectivity index (χ1v) is 9.45. The minimum absolute atomic E-state index is 0. The van der Waals surface area contributed by atoms with Crippen LogP contribution in [-0.4, -0.2) is 38.1 Å². The summed E-state index contributed by atoms with van der Waals surface area (Å²) in [7, 11) is 1.87. The molecule has 0 aliphatic heterocycles. The normalized spacial score (nSPS) is 17.1. The molecular formula is C16H34IN3S. The fourth-order valence-corrected chi connectivity index (χ4v) is 3.56. The van der Waals surface area contributed by atoms with Crippen LogP contribution in [0.5, 0.6) is 0 Å². The molecule has 5 heteroatoms. The minimum atomic E-state index is 0. The quantitative estimate of drug-likeness (QED) is 0.252. The predicted octanol–water partition coefficient (Wildman–Crippen LogP) is 4.13. The van der Waals surface area contributed by atoms with E-state index in [2.05, 4.69) is 35.7 Å². The summed E-state index contributed by atoms with van der Waals surface area (Å²) in [4.78, 5) is 4.34. The van der Waals surface area contributed by atoms with Crippen molar-refractivity contribution in [2.75, 3.05) is 32.1 Å². The minimum Gasteiger partial charge on any atom is -0.356 e. The van der Waals surface area contributed by atoms with Crippen molar-refractivity contribution < 1.29 is 0 Å². The second-order valence-electron chi connectivity index (χ2n) is 6.50. The Balaban J connectivity index is 0.00000400. The van der Waals surface area contributed by atoms with E-state index in [4.69, 9.17) is 0 Å². The van der Waals surface area contributed by atoms with Gasteiger partial charge in [-0.2, -0.15) is 11.8 Å². The van der Waals surface area contributed by atoms with Crippen LogP contribution in [0, 0.1) is 11.3 Å². The first kappa shape index (κ1) is 21.4. The molecule has 126 valence electrons. The third kappa shape index (κ3) is 8.53. The van der Waals surface area contributed by atoms with Gasteiger partial charge in [0.2, 0.25) is 0 Å². The summed E-state index contributed by atoms with van der Waals surface area (Å²) < 4.78 is 0. The van der Waals surface area contributed by atoms with Crippen LogP contribution in [0.25, 0.3) is 0 Å². The number of nitrogens with one attached hydrogen (secondary N) is 2. The molecule has 0 saturated heterocycles. The Kier molecular flexibility index (Phi) is 12.1. The van der Waals surface area contributed by atoms with Crippen LogP contribution in [0.4, 0.5) is 0 Å². The molecule has 0 heterocycles. The van der Waals surface area contributed by atoms with Crippen molar-refractivity contribution in [3.05, 3.63) is 0 Å². The second kappa shape index (κ2) is 11.9. The van der Waals surface area contributed by atoms with Crippen molar-refractivity contribution in [3.63, 3.8) is 0 Å². The fourth-order valence-electron chi connectivity index (χ4n) is 3.07. The molecule has 1 rings (SSSR count). The number of guanidine groups is 1. The number of nitrogens with zero attached hydrogens (tertiary/aromatic N) is 1. The van der Waals surface area contributed by atoms with Crippen LogP contribution in [0.3, 0.4) is 0 Å². The van der Waals surface area contributed by atoms with E-state index in [0.717, 1.165) is 25.0 Å². The summed E-state index contributed by atoms with van der Waals surface area (Å²) in [5, 5.41) is 6.97. The van der Waals surface area contributed by atoms with Gasteiger partial charge >= 0.3 is 0 Å². The Labute approximate surface area is 152 Å².